The number of nitrogens with one attached hydrogen (secondary N) is 1. The van der Waals surface area contributed by atoms with Gasteiger partial charge in [0.25, 0.3) is 0 Å². The minimum absolute atomic E-state index is 0.504. The minimum Gasteiger partial charge on any atom is -0.383 e. The Morgan fingerprint density at radius 3 is 3.19 bits per heavy atom. The Kier molecular flexibility index (Phi) is 3.84. The molecule has 16 heavy (non-hydrogen) atoms. The zero-order chi connectivity index (χ0) is 11.4. The van der Waals surface area contributed by atoms with Gasteiger partial charge in [0, 0.05) is 25.1 Å². The van der Waals surface area contributed by atoms with Crippen molar-refractivity contribution in [3.63, 3.8) is 0 Å². The van der Waals surface area contributed by atoms with E-state index in [1.54, 1.807) is 6.07 Å². The quantitative estimate of drug-likeness (QED) is 0.609. The third-order valence-corrected chi connectivity index (χ3v) is 3.05. The maximum atomic E-state index is 5.69. The molecule has 0 bridgehead atoms. The van der Waals surface area contributed by atoms with Gasteiger partial charge in [-0.2, -0.15) is 0 Å². The molecule has 0 aromatic carbocycles. The van der Waals surface area contributed by atoms with E-state index in [4.69, 9.17) is 10.5 Å². The SMILES string of the molecule is CSc1nc(N)cc(NCC2CCOC2)n1. The molecule has 2 rings (SSSR count). The van der Waals surface area contributed by atoms with Crippen LogP contribution in [0.15, 0.2) is 11.2 Å². The van der Waals surface area contributed by atoms with Gasteiger partial charge in [-0.1, -0.05) is 11.8 Å². The lowest BCUT2D eigenvalue weighted by molar-refractivity contribution is 0.187. The summed E-state index contributed by atoms with van der Waals surface area (Å²) >= 11 is 1.49. The largest absolute Gasteiger partial charge is 0.383 e. The molecular weight excluding hydrogens is 224 g/mol. The van der Waals surface area contributed by atoms with Gasteiger partial charge >= 0.3 is 0 Å². The summed E-state index contributed by atoms with van der Waals surface area (Å²) in [6, 6.07) is 1.76. The summed E-state index contributed by atoms with van der Waals surface area (Å²) in [5.74, 6) is 1.88. The van der Waals surface area contributed by atoms with Gasteiger partial charge in [0.05, 0.1) is 6.61 Å². The summed E-state index contributed by atoms with van der Waals surface area (Å²) < 4.78 is 5.31. The van der Waals surface area contributed by atoms with Crippen molar-refractivity contribution in [1.29, 1.82) is 0 Å². The summed E-state index contributed by atoms with van der Waals surface area (Å²) in [6.45, 7) is 2.58. The van der Waals surface area contributed by atoms with Gasteiger partial charge in [-0.05, 0) is 12.7 Å². The Bertz CT molecular complexity index is 355. The third kappa shape index (κ3) is 2.99. The smallest absolute Gasteiger partial charge is 0.191 e. The van der Waals surface area contributed by atoms with E-state index >= 15 is 0 Å². The fourth-order valence-corrected chi connectivity index (χ4v) is 2.00. The van der Waals surface area contributed by atoms with Gasteiger partial charge < -0.3 is 15.8 Å². The number of aromatic nitrogens is 2. The molecule has 1 aliphatic rings. The van der Waals surface area contributed by atoms with Crippen molar-refractivity contribution in [1.82, 2.24) is 9.97 Å². The maximum absolute atomic E-state index is 5.69. The van der Waals surface area contributed by atoms with Gasteiger partial charge in [-0.15, -0.1) is 0 Å². The molecule has 0 aliphatic carbocycles. The second-order valence-electron chi connectivity index (χ2n) is 3.78. The van der Waals surface area contributed by atoms with Crippen LogP contribution in [0.4, 0.5) is 11.6 Å². The standard InChI is InChI=1S/C10H16N4OS/c1-16-10-13-8(11)4-9(14-10)12-5-7-2-3-15-6-7/h4,7H,2-3,5-6H2,1H3,(H3,11,12,13,14). The number of nitrogens with zero attached hydrogens (tertiary/aromatic N) is 2. The molecule has 0 radical (unpaired) electrons. The van der Waals surface area contributed by atoms with Crippen molar-refractivity contribution in [3.8, 4) is 0 Å². The predicted molar refractivity (Wildman–Crippen MR) is 65.6 cm³/mol. The highest BCUT2D eigenvalue weighted by Gasteiger charge is 2.15. The lowest BCUT2D eigenvalue weighted by atomic mass is 10.1. The van der Waals surface area contributed by atoms with Gasteiger partial charge in [-0.25, -0.2) is 9.97 Å². The molecule has 1 atom stereocenters. The lowest BCUT2D eigenvalue weighted by Crippen LogP contribution is -2.15. The second kappa shape index (κ2) is 5.36. The third-order valence-electron chi connectivity index (χ3n) is 2.50. The van der Waals surface area contributed by atoms with Gasteiger partial charge in [-0.3, -0.25) is 0 Å². The fraction of sp³-hybridized carbons (Fsp3) is 0.600. The van der Waals surface area contributed by atoms with Crippen LogP contribution in [-0.4, -0.2) is 36.0 Å². The average Bonchev–Trinajstić information content (AvgIpc) is 2.78. The number of hydrogen-bond donors (Lipinski definition) is 2. The fourth-order valence-electron chi connectivity index (χ4n) is 1.62. The van der Waals surface area contributed by atoms with Crippen molar-refractivity contribution in [2.75, 3.05) is 37.1 Å². The van der Waals surface area contributed by atoms with Crippen molar-refractivity contribution in [2.45, 2.75) is 11.6 Å². The monoisotopic (exact) mass is 240 g/mol. The van der Waals surface area contributed by atoms with Crippen molar-refractivity contribution in [2.24, 2.45) is 5.92 Å². The first-order chi connectivity index (χ1) is 7.78. The molecule has 1 fully saturated rings. The molecule has 6 heteroatoms. The van der Waals surface area contributed by atoms with E-state index in [1.165, 1.54) is 11.8 Å². The van der Waals surface area contributed by atoms with E-state index in [9.17, 15) is 0 Å². The number of nitrogen functional groups attached to an aromatic ring is 1. The van der Waals surface area contributed by atoms with Crippen LogP contribution in [0.5, 0.6) is 0 Å². The van der Waals surface area contributed by atoms with Crippen LogP contribution in [0, 0.1) is 5.92 Å². The highest BCUT2D eigenvalue weighted by Crippen LogP contribution is 2.17. The van der Waals surface area contributed by atoms with Crippen molar-refractivity contribution in [3.05, 3.63) is 6.07 Å². The Balaban J connectivity index is 1.94. The summed E-state index contributed by atoms with van der Waals surface area (Å²) in [6.07, 6.45) is 3.05. The molecule has 1 aliphatic heterocycles. The number of ether oxygens (including phenoxy) is 1. The van der Waals surface area contributed by atoms with Crippen molar-refractivity contribution < 1.29 is 4.74 Å². The molecule has 0 amide bonds. The van der Waals surface area contributed by atoms with Crippen molar-refractivity contribution >= 4 is 23.4 Å². The van der Waals surface area contributed by atoms with Crippen LogP contribution >= 0.6 is 11.8 Å². The molecule has 3 N–H and O–H groups in total. The Morgan fingerprint density at radius 1 is 1.62 bits per heavy atom. The minimum atomic E-state index is 0.504. The lowest BCUT2D eigenvalue weighted by Gasteiger charge is -2.10. The zero-order valence-electron chi connectivity index (χ0n) is 9.27. The van der Waals surface area contributed by atoms with Gasteiger partial charge in [0.15, 0.2) is 5.16 Å². The van der Waals surface area contributed by atoms with E-state index in [-0.39, 0.29) is 0 Å². The van der Waals surface area contributed by atoms with Crippen LogP contribution in [0.3, 0.4) is 0 Å². The molecule has 1 aromatic heterocycles. The Labute approximate surface area is 99.2 Å². The van der Waals surface area contributed by atoms with Crippen LogP contribution in [0.1, 0.15) is 6.42 Å². The van der Waals surface area contributed by atoms with Gasteiger partial charge in [0.1, 0.15) is 11.6 Å². The molecule has 1 unspecified atom stereocenters. The molecule has 88 valence electrons. The van der Waals surface area contributed by atoms with Crippen LogP contribution < -0.4 is 11.1 Å². The summed E-state index contributed by atoms with van der Waals surface area (Å²) in [7, 11) is 0. The van der Waals surface area contributed by atoms with E-state index in [1.807, 2.05) is 6.26 Å². The number of anilines is 2. The Morgan fingerprint density at radius 2 is 2.50 bits per heavy atom. The summed E-state index contributed by atoms with van der Waals surface area (Å²) in [5, 5.41) is 3.98. The number of rotatable bonds is 4. The van der Waals surface area contributed by atoms with E-state index in [2.05, 4.69) is 15.3 Å². The highest BCUT2D eigenvalue weighted by atomic mass is 32.2. The molecule has 1 aromatic rings. The molecule has 2 heterocycles. The highest BCUT2D eigenvalue weighted by molar-refractivity contribution is 7.98. The number of thioether (sulfide) groups is 1. The second-order valence-corrected chi connectivity index (χ2v) is 4.55. The van der Waals surface area contributed by atoms with Crippen LogP contribution in [-0.2, 0) is 4.74 Å². The average molecular weight is 240 g/mol. The summed E-state index contributed by atoms with van der Waals surface area (Å²) in [4.78, 5) is 8.43. The number of nitrogens with two attached hydrogens (primary N) is 1. The molecule has 1 saturated heterocycles. The summed E-state index contributed by atoms with van der Waals surface area (Å²) in [5.41, 5.74) is 5.69. The maximum Gasteiger partial charge on any atom is 0.191 e. The van der Waals surface area contributed by atoms with Gasteiger partial charge in [0.2, 0.25) is 0 Å². The molecule has 5 nitrogen and oxygen atoms in total. The number of hydrogen-bond acceptors (Lipinski definition) is 6. The molecular formula is C10H16N4OS. The van der Waals surface area contributed by atoms with Crippen LogP contribution in [0.2, 0.25) is 0 Å². The zero-order valence-corrected chi connectivity index (χ0v) is 10.1. The van der Waals surface area contributed by atoms with E-state index in [0.29, 0.717) is 16.9 Å². The Hall–Kier alpha value is -1.01. The first-order valence-electron chi connectivity index (χ1n) is 5.28. The topological polar surface area (TPSA) is 73.1 Å². The van der Waals surface area contributed by atoms with Crippen LogP contribution in [0.25, 0.3) is 0 Å². The van der Waals surface area contributed by atoms with E-state index < -0.39 is 0 Å². The van der Waals surface area contributed by atoms with E-state index in [0.717, 1.165) is 32.0 Å². The molecule has 0 saturated carbocycles. The first-order valence-corrected chi connectivity index (χ1v) is 6.50. The normalized spacial score (nSPS) is 19.9. The first kappa shape index (κ1) is 11.5. The predicted octanol–water partition coefficient (Wildman–Crippen LogP) is 1.23. The molecule has 0 spiro atoms.